The van der Waals surface area contributed by atoms with Crippen LogP contribution in [0.5, 0.6) is 0 Å². The van der Waals surface area contributed by atoms with Crippen molar-refractivity contribution >= 4 is 13.8 Å². The molecule has 55 heavy (non-hydrogen) atoms. The molecular formula is C46H91NO7P+. The third-order valence-electron chi connectivity index (χ3n) is 10.0. The van der Waals surface area contributed by atoms with Crippen molar-refractivity contribution in [1.29, 1.82) is 0 Å². The van der Waals surface area contributed by atoms with Crippen LogP contribution in [0, 0.1) is 0 Å². The van der Waals surface area contributed by atoms with Gasteiger partial charge < -0.3 is 18.9 Å². The zero-order valence-corrected chi connectivity index (χ0v) is 37.8. The van der Waals surface area contributed by atoms with Crippen molar-refractivity contribution in [2.45, 2.75) is 213 Å². The minimum atomic E-state index is -4.27. The highest BCUT2D eigenvalue weighted by Crippen LogP contribution is 2.43. The number of likely N-dealkylation sites (N-methyl/N-ethyl adjacent to an activating group) is 1. The van der Waals surface area contributed by atoms with E-state index in [1.165, 1.54) is 148 Å². The van der Waals surface area contributed by atoms with E-state index in [-0.39, 0.29) is 25.8 Å². The number of carbonyl (C=O) groups excluding carboxylic acids is 1. The lowest BCUT2D eigenvalue weighted by Crippen LogP contribution is -2.37. The van der Waals surface area contributed by atoms with Gasteiger partial charge in [0.2, 0.25) is 0 Å². The van der Waals surface area contributed by atoms with E-state index in [0.29, 0.717) is 24.1 Å². The lowest BCUT2D eigenvalue weighted by Gasteiger charge is -2.24. The van der Waals surface area contributed by atoms with Gasteiger partial charge in [-0.3, -0.25) is 13.8 Å². The fourth-order valence-corrected chi connectivity index (χ4v) is 7.15. The Morgan fingerprint density at radius 1 is 0.564 bits per heavy atom. The van der Waals surface area contributed by atoms with Crippen LogP contribution in [-0.4, -0.2) is 75.6 Å². The van der Waals surface area contributed by atoms with Crippen molar-refractivity contribution in [3.8, 4) is 0 Å². The molecule has 0 amide bonds. The fourth-order valence-electron chi connectivity index (χ4n) is 6.41. The Morgan fingerprint density at radius 2 is 1.00 bits per heavy atom. The summed E-state index contributed by atoms with van der Waals surface area (Å²) in [6.45, 7) is 5.61. The average Bonchev–Trinajstić information content (AvgIpc) is 3.13. The van der Waals surface area contributed by atoms with E-state index in [4.69, 9.17) is 18.5 Å². The van der Waals surface area contributed by atoms with E-state index in [0.717, 1.165) is 38.5 Å². The van der Waals surface area contributed by atoms with Crippen molar-refractivity contribution in [3.05, 3.63) is 24.3 Å². The lowest BCUT2D eigenvalue weighted by molar-refractivity contribution is -0.870. The molecule has 0 aliphatic carbocycles. The van der Waals surface area contributed by atoms with Crippen LogP contribution in [0.15, 0.2) is 24.3 Å². The Labute approximate surface area is 341 Å². The van der Waals surface area contributed by atoms with Crippen molar-refractivity contribution in [1.82, 2.24) is 0 Å². The standard InChI is InChI=1S/C46H90NO7P/c1-6-8-10-12-14-16-17-18-19-20-21-22-23-24-25-26-27-28-29-30-32-34-36-38-41-51-43-45(44-53-55(49,50)52-42-40-47(3,4)5)54-46(48)39-37-35-33-31-15-13-11-9-7-2/h17-18,20-21,45H,6-16,19,22-44H2,1-5H3/p+1/b18-17-,21-20-. The van der Waals surface area contributed by atoms with Gasteiger partial charge in [0.05, 0.1) is 34.4 Å². The molecule has 326 valence electrons. The summed E-state index contributed by atoms with van der Waals surface area (Å²) in [6, 6.07) is 0. The quantitative estimate of drug-likeness (QED) is 0.0216. The molecule has 0 aromatic rings. The second-order valence-electron chi connectivity index (χ2n) is 16.8. The van der Waals surface area contributed by atoms with Gasteiger partial charge >= 0.3 is 13.8 Å². The second-order valence-corrected chi connectivity index (χ2v) is 18.2. The first-order valence-corrected chi connectivity index (χ1v) is 24.6. The summed E-state index contributed by atoms with van der Waals surface area (Å²) in [5.41, 5.74) is 0. The summed E-state index contributed by atoms with van der Waals surface area (Å²) in [5, 5.41) is 0. The molecule has 0 aliphatic rings. The van der Waals surface area contributed by atoms with Gasteiger partial charge in [-0.05, 0) is 44.9 Å². The summed E-state index contributed by atoms with van der Waals surface area (Å²) in [4.78, 5) is 22.8. The highest BCUT2D eigenvalue weighted by atomic mass is 31.2. The molecule has 0 rings (SSSR count). The van der Waals surface area contributed by atoms with Gasteiger partial charge in [-0.25, -0.2) is 4.57 Å². The number of unbranched alkanes of at least 4 members (excludes halogenated alkanes) is 25. The predicted molar refractivity (Wildman–Crippen MR) is 233 cm³/mol. The van der Waals surface area contributed by atoms with Crippen LogP contribution in [0.3, 0.4) is 0 Å². The molecule has 0 aromatic carbocycles. The maximum Gasteiger partial charge on any atom is 0.472 e. The number of quaternary nitrogens is 1. The molecule has 9 heteroatoms. The second kappa shape index (κ2) is 39.8. The minimum absolute atomic E-state index is 0.0904. The normalized spacial score (nSPS) is 13.9. The first-order chi connectivity index (χ1) is 26.6. The van der Waals surface area contributed by atoms with Crippen LogP contribution in [0.2, 0.25) is 0 Å². The third-order valence-corrected chi connectivity index (χ3v) is 11.0. The smallest absolute Gasteiger partial charge is 0.457 e. The molecular weight excluding hydrogens is 709 g/mol. The van der Waals surface area contributed by atoms with Crippen LogP contribution in [0.25, 0.3) is 0 Å². The number of ether oxygens (including phenoxy) is 2. The average molecular weight is 801 g/mol. The number of rotatable bonds is 43. The minimum Gasteiger partial charge on any atom is -0.457 e. The largest absolute Gasteiger partial charge is 0.472 e. The highest BCUT2D eigenvalue weighted by molar-refractivity contribution is 7.47. The molecule has 0 bridgehead atoms. The number of esters is 1. The van der Waals surface area contributed by atoms with E-state index in [2.05, 4.69) is 38.2 Å². The van der Waals surface area contributed by atoms with Gasteiger partial charge in [-0.2, -0.15) is 0 Å². The van der Waals surface area contributed by atoms with E-state index >= 15 is 0 Å². The molecule has 0 saturated carbocycles. The Bertz CT molecular complexity index is 936. The monoisotopic (exact) mass is 801 g/mol. The molecule has 0 heterocycles. The molecule has 0 fully saturated rings. The van der Waals surface area contributed by atoms with Gasteiger partial charge in [0.15, 0.2) is 0 Å². The molecule has 0 radical (unpaired) electrons. The van der Waals surface area contributed by atoms with E-state index in [9.17, 15) is 14.3 Å². The molecule has 0 aromatic heterocycles. The summed E-state index contributed by atoms with van der Waals surface area (Å²) in [6.07, 6.45) is 45.1. The van der Waals surface area contributed by atoms with Crippen molar-refractivity contribution in [2.24, 2.45) is 0 Å². The van der Waals surface area contributed by atoms with Gasteiger partial charge in [-0.15, -0.1) is 0 Å². The Kier molecular flexibility index (Phi) is 39.1. The van der Waals surface area contributed by atoms with E-state index in [1.807, 2.05) is 21.1 Å². The molecule has 2 unspecified atom stereocenters. The number of hydrogen-bond donors (Lipinski definition) is 1. The first kappa shape index (κ1) is 54.0. The summed E-state index contributed by atoms with van der Waals surface area (Å²) < 4.78 is 34.9. The molecule has 0 saturated heterocycles. The van der Waals surface area contributed by atoms with Gasteiger partial charge in [0.1, 0.15) is 19.3 Å². The number of allylic oxidation sites excluding steroid dienone is 4. The maximum absolute atomic E-state index is 12.6. The van der Waals surface area contributed by atoms with E-state index in [1.54, 1.807) is 0 Å². The topological polar surface area (TPSA) is 91.3 Å². The van der Waals surface area contributed by atoms with Crippen molar-refractivity contribution < 1.29 is 37.3 Å². The van der Waals surface area contributed by atoms with Gasteiger partial charge in [-0.1, -0.05) is 179 Å². The van der Waals surface area contributed by atoms with Gasteiger partial charge in [0.25, 0.3) is 0 Å². The lowest BCUT2D eigenvalue weighted by atomic mass is 10.0. The number of nitrogens with zero attached hydrogens (tertiary/aromatic N) is 1. The van der Waals surface area contributed by atoms with Gasteiger partial charge in [0, 0.05) is 13.0 Å². The Balaban J connectivity index is 4.03. The van der Waals surface area contributed by atoms with Crippen molar-refractivity contribution in [3.63, 3.8) is 0 Å². The number of hydrogen-bond acceptors (Lipinski definition) is 6. The van der Waals surface area contributed by atoms with Crippen LogP contribution in [-0.2, 0) is 27.9 Å². The SMILES string of the molecule is CCCCCCC/C=C\C/C=C\CCCCCCCCCCCCCCOCC(COP(=O)(O)OCC[N+](C)(C)C)OC(=O)CCCCCCCCCCC. The van der Waals surface area contributed by atoms with Crippen LogP contribution in [0.1, 0.15) is 206 Å². The molecule has 8 nitrogen and oxygen atoms in total. The van der Waals surface area contributed by atoms with Crippen LogP contribution >= 0.6 is 7.82 Å². The number of phosphoric ester groups is 1. The highest BCUT2D eigenvalue weighted by Gasteiger charge is 2.26. The summed E-state index contributed by atoms with van der Waals surface area (Å²) in [7, 11) is 1.67. The maximum atomic E-state index is 12.6. The zero-order chi connectivity index (χ0) is 40.6. The Hall–Kier alpha value is -1.02. The molecule has 2 atom stereocenters. The van der Waals surface area contributed by atoms with Crippen molar-refractivity contribution in [2.75, 3.05) is 54.1 Å². The van der Waals surface area contributed by atoms with Crippen LogP contribution < -0.4 is 0 Å². The predicted octanol–water partition coefficient (Wildman–Crippen LogP) is 13.6. The number of phosphoric acid groups is 1. The molecule has 1 N–H and O–H groups in total. The number of carbonyl (C=O) groups is 1. The molecule has 0 spiro atoms. The molecule has 0 aliphatic heterocycles. The zero-order valence-electron chi connectivity index (χ0n) is 36.9. The Morgan fingerprint density at radius 3 is 1.47 bits per heavy atom. The van der Waals surface area contributed by atoms with Crippen LogP contribution in [0.4, 0.5) is 0 Å². The third kappa shape index (κ3) is 43.9. The summed E-state index contributed by atoms with van der Waals surface area (Å²) in [5.74, 6) is -0.316. The fraction of sp³-hybridized carbons (Fsp3) is 0.891. The first-order valence-electron chi connectivity index (χ1n) is 23.1. The summed E-state index contributed by atoms with van der Waals surface area (Å²) >= 11 is 0. The van der Waals surface area contributed by atoms with E-state index < -0.39 is 13.9 Å².